The molecular weight excluding hydrogens is 172 g/mol. The summed E-state index contributed by atoms with van der Waals surface area (Å²) in [6, 6.07) is 8.32. The van der Waals surface area contributed by atoms with Crippen LogP contribution in [0.25, 0.3) is 6.08 Å². The van der Waals surface area contributed by atoms with Crippen LogP contribution >= 0.6 is 0 Å². The highest BCUT2D eigenvalue weighted by Crippen LogP contribution is 2.33. The molecule has 0 aromatic heterocycles. The van der Waals surface area contributed by atoms with Crippen LogP contribution in [-0.2, 0) is 0 Å². The lowest BCUT2D eigenvalue weighted by atomic mass is 10.1. The average molecular weight is 188 g/mol. The standard InChI is InChI=1S/C13H16O/c1-10-2-4-11(5-3-10)6-9-13(14)12-7-8-12/h2-6,9,12-14H,7-8H2,1H3/b9-6+. The molecule has 1 aliphatic rings. The van der Waals surface area contributed by atoms with Gasteiger partial charge in [0.25, 0.3) is 0 Å². The van der Waals surface area contributed by atoms with Gasteiger partial charge in [-0.2, -0.15) is 0 Å². The van der Waals surface area contributed by atoms with Crippen molar-refractivity contribution >= 4 is 6.08 Å². The molecule has 0 heterocycles. The zero-order chi connectivity index (χ0) is 9.97. The highest BCUT2D eigenvalue weighted by molar-refractivity contribution is 5.50. The second kappa shape index (κ2) is 3.97. The molecule has 14 heavy (non-hydrogen) atoms. The van der Waals surface area contributed by atoms with Crippen molar-refractivity contribution in [1.29, 1.82) is 0 Å². The minimum Gasteiger partial charge on any atom is -0.389 e. The topological polar surface area (TPSA) is 20.2 Å². The predicted molar refractivity (Wildman–Crippen MR) is 58.9 cm³/mol. The van der Waals surface area contributed by atoms with E-state index in [1.807, 2.05) is 12.2 Å². The molecule has 1 nitrogen and oxygen atoms in total. The minimum absolute atomic E-state index is 0.240. The van der Waals surface area contributed by atoms with Crippen LogP contribution in [0.2, 0.25) is 0 Å². The van der Waals surface area contributed by atoms with Crippen LogP contribution in [-0.4, -0.2) is 11.2 Å². The van der Waals surface area contributed by atoms with Gasteiger partial charge < -0.3 is 5.11 Å². The van der Waals surface area contributed by atoms with Crippen LogP contribution < -0.4 is 0 Å². The normalized spacial score (nSPS) is 18.7. The first-order valence-corrected chi connectivity index (χ1v) is 5.18. The van der Waals surface area contributed by atoms with E-state index in [4.69, 9.17) is 0 Å². The summed E-state index contributed by atoms with van der Waals surface area (Å²) >= 11 is 0. The number of aryl methyl sites for hydroxylation is 1. The Morgan fingerprint density at radius 3 is 2.50 bits per heavy atom. The van der Waals surface area contributed by atoms with E-state index >= 15 is 0 Å². The summed E-state index contributed by atoms with van der Waals surface area (Å²) in [7, 11) is 0. The molecule has 1 saturated carbocycles. The average Bonchev–Trinajstić information content (AvgIpc) is 3.00. The second-order valence-electron chi connectivity index (χ2n) is 4.10. The van der Waals surface area contributed by atoms with Crippen molar-refractivity contribution in [3.05, 3.63) is 41.5 Å². The third-order valence-electron chi connectivity index (χ3n) is 2.67. The van der Waals surface area contributed by atoms with Crippen LogP contribution in [0.3, 0.4) is 0 Å². The van der Waals surface area contributed by atoms with Gasteiger partial charge in [0.15, 0.2) is 0 Å². The van der Waals surface area contributed by atoms with Crippen molar-refractivity contribution in [2.75, 3.05) is 0 Å². The Hall–Kier alpha value is -1.08. The Labute approximate surface area is 85.1 Å². The molecule has 1 N–H and O–H groups in total. The third kappa shape index (κ3) is 2.46. The lowest BCUT2D eigenvalue weighted by Crippen LogP contribution is -2.03. The smallest absolute Gasteiger partial charge is 0.0752 e. The van der Waals surface area contributed by atoms with Gasteiger partial charge in [0.2, 0.25) is 0 Å². The van der Waals surface area contributed by atoms with Crippen LogP contribution in [0.15, 0.2) is 30.3 Å². The van der Waals surface area contributed by atoms with Gasteiger partial charge in [-0.25, -0.2) is 0 Å². The summed E-state index contributed by atoms with van der Waals surface area (Å²) in [6.07, 6.45) is 6.03. The fraction of sp³-hybridized carbons (Fsp3) is 0.385. The number of rotatable bonds is 3. The number of aliphatic hydroxyl groups is 1. The Morgan fingerprint density at radius 2 is 1.93 bits per heavy atom. The third-order valence-corrected chi connectivity index (χ3v) is 2.67. The van der Waals surface area contributed by atoms with E-state index in [2.05, 4.69) is 31.2 Å². The molecule has 1 fully saturated rings. The summed E-state index contributed by atoms with van der Waals surface area (Å²) in [4.78, 5) is 0. The van der Waals surface area contributed by atoms with E-state index in [0.29, 0.717) is 5.92 Å². The zero-order valence-electron chi connectivity index (χ0n) is 8.48. The Balaban J connectivity index is 1.98. The first-order chi connectivity index (χ1) is 6.75. The van der Waals surface area contributed by atoms with Gasteiger partial charge in [0.05, 0.1) is 6.10 Å². The van der Waals surface area contributed by atoms with Crippen LogP contribution in [0, 0.1) is 12.8 Å². The molecule has 0 aliphatic heterocycles. The number of aliphatic hydroxyl groups excluding tert-OH is 1. The maximum absolute atomic E-state index is 9.62. The predicted octanol–water partition coefficient (Wildman–Crippen LogP) is 2.78. The van der Waals surface area contributed by atoms with E-state index in [0.717, 1.165) is 5.56 Å². The molecule has 0 amide bonds. The molecule has 2 rings (SSSR count). The first kappa shape index (κ1) is 9.47. The summed E-state index contributed by atoms with van der Waals surface area (Å²) in [5.41, 5.74) is 2.43. The Morgan fingerprint density at radius 1 is 1.29 bits per heavy atom. The van der Waals surface area contributed by atoms with E-state index in [1.54, 1.807) is 0 Å². The minimum atomic E-state index is -0.240. The van der Waals surface area contributed by atoms with E-state index in [-0.39, 0.29) is 6.10 Å². The van der Waals surface area contributed by atoms with Crippen molar-refractivity contribution in [2.45, 2.75) is 25.9 Å². The molecule has 1 unspecified atom stereocenters. The number of hydrogen-bond acceptors (Lipinski definition) is 1. The van der Waals surface area contributed by atoms with Crippen molar-refractivity contribution < 1.29 is 5.11 Å². The van der Waals surface area contributed by atoms with Crippen molar-refractivity contribution in [1.82, 2.24) is 0 Å². The molecule has 1 heteroatoms. The molecule has 1 aliphatic carbocycles. The van der Waals surface area contributed by atoms with Gasteiger partial charge in [-0.15, -0.1) is 0 Å². The second-order valence-corrected chi connectivity index (χ2v) is 4.10. The molecule has 74 valence electrons. The molecule has 1 atom stereocenters. The van der Waals surface area contributed by atoms with Crippen molar-refractivity contribution in [3.63, 3.8) is 0 Å². The highest BCUT2D eigenvalue weighted by atomic mass is 16.3. The molecular formula is C13H16O. The Kier molecular flexibility index (Phi) is 2.69. The van der Waals surface area contributed by atoms with Gasteiger partial charge in [-0.3, -0.25) is 0 Å². The van der Waals surface area contributed by atoms with E-state index in [1.165, 1.54) is 18.4 Å². The lowest BCUT2D eigenvalue weighted by Gasteiger charge is -2.01. The number of hydrogen-bond donors (Lipinski definition) is 1. The molecule has 1 aromatic rings. The molecule has 0 saturated heterocycles. The molecule has 0 radical (unpaired) electrons. The van der Waals surface area contributed by atoms with Crippen LogP contribution in [0.4, 0.5) is 0 Å². The maximum atomic E-state index is 9.62. The van der Waals surface area contributed by atoms with E-state index < -0.39 is 0 Å². The first-order valence-electron chi connectivity index (χ1n) is 5.18. The summed E-state index contributed by atoms with van der Waals surface area (Å²) in [5, 5.41) is 9.62. The molecule has 1 aromatic carbocycles. The number of benzene rings is 1. The summed E-state index contributed by atoms with van der Waals surface area (Å²) in [6.45, 7) is 2.08. The van der Waals surface area contributed by atoms with Gasteiger partial charge in [0, 0.05) is 0 Å². The van der Waals surface area contributed by atoms with E-state index in [9.17, 15) is 5.11 Å². The lowest BCUT2D eigenvalue weighted by molar-refractivity contribution is 0.200. The fourth-order valence-corrected chi connectivity index (χ4v) is 1.48. The maximum Gasteiger partial charge on any atom is 0.0752 e. The van der Waals surface area contributed by atoms with Crippen LogP contribution in [0.1, 0.15) is 24.0 Å². The zero-order valence-corrected chi connectivity index (χ0v) is 8.48. The van der Waals surface area contributed by atoms with Gasteiger partial charge in [-0.1, -0.05) is 42.0 Å². The quantitative estimate of drug-likeness (QED) is 0.773. The highest BCUT2D eigenvalue weighted by Gasteiger charge is 2.27. The van der Waals surface area contributed by atoms with Gasteiger partial charge >= 0.3 is 0 Å². The van der Waals surface area contributed by atoms with Crippen molar-refractivity contribution in [3.8, 4) is 0 Å². The largest absolute Gasteiger partial charge is 0.389 e. The summed E-state index contributed by atoms with van der Waals surface area (Å²) < 4.78 is 0. The van der Waals surface area contributed by atoms with Crippen LogP contribution in [0.5, 0.6) is 0 Å². The SMILES string of the molecule is Cc1ccc(/C=C/C(O)C2CC2)cc1. The molecule has 0 spiro atoms. The van der Waals surface area contributed by atoms with Crippen molar-refractivity contribution in [2.24, 2.45) is 5.92 Å². The molecule has 0 bridgehead atoms. The fourth-order valence-electron chi connectivity index (χ4n) is 1.48. The monoisotopic (exact) mass is 188 g/mol. The van der Waals surface area contributed by atoms with Gasteiger partial charge in [0.1, 0.15) is 0 Å². The Bertz CT molecular complexity index is 320. The summed E-state index contributed by atoms with van der Waals surface area (Å²) in [5.74, 6) is 0.525. The van der Waals surface area contributed by atoms with Gasteiger partial charge in [-0.05, 0) is 31.2 Å².